The number of aliphatic hydroxyl groups excluding tert-OH is 1. The van der Waals surface area contributed by atoms with Gasteiger partial charge in [-0.05, 0) is 34.9 Å². The second-order valence-electron chi connectivity index (χ2n) is 5.43. The quantitative estimate of drug-likeness (QED) is 0.802. The van der Waals surface area contributed by atoms with E-state index in [2.05, 4.69) is 5.32 Å². The molecule has 0 spiro atoms. The van der Waals surface area contributed by atoms with Crippen LogP contribution in [0.1, 0.15) is 22.8 Å². The summed E-state index contributed by atoms with van der Waals surface area (Å²) in [6.07, 6.45) is 0. The number of amides is 1. The van der Waals surface area contributed by atoms with Crippen molar-refractivity contribution in [3.05, 3.63) is 59.7 Å². The molecule has 0 fully saturated rings. The molecule has 2 aromatic carbocycles. The van der Waals surface area contributed by atoms with Gasteiger partial charge in [-0.15, -0.1) is 0 Å². The van der Waals surface area contributed by atoms with Gasteiger partial charge in [0, 0.05) is 17.9 Å². The molecule has 6 heteroatoms. The van der Waals surface area contributed by atoms with Crippen LogP contribution in [0.5, 0.6) is 0 Å². The lowest BCUT2D eigenvalue weighted by atomic mass is 10.0. The Hall–Kier alpha value is -2.18. The number of rotatable bonds is 7. The van der Waals surface area contributed by atoms with Gasteiger partial charge in [0.1, 0.15) is 0 Å². The van der Waals surface area contributed by atoms with E-state index in [4.69, 9.17) is 0 Å². The smallest absolute Gasteiger partial charge is 0.251 e. The van der Waals surface area contributed by atoms with Crippen LogP contribution in [-0.2, 0) is 16.4 Å². The Morgan fingerprint density at radius 2 is 1.75 bits per heavy atom. The van der Waals surface area contributed by atoms with Crippen LogP contribution in [0.3, 0.4) is 0 Å². The van der Waals surface area contributed by atoms with Crippen molar-refractivity contribution >= 4 is 15.7 Å². The maximum absolute atomic E-state index is 12.2. The molecule has 5 nitrogen and oxygen atoms in total. The van der Waals surface area contributed by atoms with E-state index in [1.54, 1.807) is 25.1 Å². The predicted molar refractivity (Wildman–Crippen MR) is 94.5 cm³/mol. The van der Waals surface area contributed by atoms with Gasteiger partial charge in [-0.3, -0.25) is 4.79 Å². The number of benzene rings is 2. The van der Waals surface area contributed by atoms with Gasteiger partial charge in [0.2, 0.25) is 0 Å². The lowest BCUT2D eigenvalue weighted by molar-refractivity contribution is 0.0956. The molecule has 0 aliphatic carbocycles. The second-order valence-corrected chi connectivity index (χ2v) is 7.90. The minimum Gasteiger partial charge on any atom is -0.392 e. The van der Waals surface area contributed by atoms with Crippen molar-refractivity contribution in [3.63, 3.8) is 0 Å². The molecule has 24 heavy (non-hydrogen) atoms. The maximum Gasteiger partial charge on any atom is 0.251 e. The van der Waals surface area contributed by atoms with E-state index in [0.717, 1.165) is 16.7 Å². The highest BCUT2D eigenvalue weighted by molar-refractivity contribution is 7.91. The van der Waals surface area contributed by atoms with E-state index in [-0.39, 0.29) is 30.6 Å². The fraction of sp³-hybridized carbons (Fsp3) is 0.278. The lowest BCUT2D eigenvalue weighted by Gasteiger charge is -2.08. The average Bonchev–Trinajstić information content (AvgIpc) is 2.61. The third-order valence-corrected chi connectivity index (χ3v) is 5.41. The fourth-order valence-corrected chi connectivity index (χ4v) is 2.96. The molecule has 2 N–H and O–H groups in total. The lowest BCUT2D eigenvalue weighted by Crippen LogP contribution is -2.29. The van der Waals surface area contributed by atoms with Crippen molar-refractivity contribution in [2.24, 2.45) is 0 Å². The Kier molecular flexibility index (Phi) is 6.11. The first kappa shape index (κ1) is 18.2. The van der Waals surface area contributed by atoms with Crippen LogP contribution >= 0.6 is 0 Å². The molecule has 0 radical (unpaired) electrons. The first-order chi connectivity index (χ1) is 11.4. The van der Waals surface area contributed by atoms with E-state index >= 15 is 0 Å². The first-order valence-corrected chi connectivity index (χ1v) is 9.56. The molecule has 0 saturated carbocycles. The minimum absolute atomic E-state index is 0.0417. The minimum atomic E-state index is -3.09. The summed E-state index contributed by atoms with van der Waals surface area (Å²) in [5, 5.41) is 11.9. The molecule has 0 atom stereocenters. The van der Waals surface area contributed by atoms with Crippen LogP contribution in [0.2, 0.25) is 0 Å². The van der Waals surface area contributed by atoms with Gasteiger partial charge in [0.25, 0.3) is 5.91 Å². The highest BCUT2D eigenvalue weighted by Crippen LogP contribution is 2.21. The molecule has 2 aromatic rings. The summed E-state index contributed by atoms with van der Waals surface area (Å²) in [5.74, 6) is -0.297. The van der Waals surface area contributed by atoms with Gasteiger partial charge >= 0.3 is 0 Å². The summed E-state index contributed by atoms with van der Waals surface area (Å²) in [7, 11) is -3.09. The number of hydrogen-bond donors (Lipinski definition) is 2. The zero-order chi connectivity index (χ0) is 17.6. The molecule has 2 rings (SSSR count). The van der Waals surface area contributed by atoms with E-state index < -0.39 is 9.84 Å². The first-order valence-electron chi connectivity index (χ1n) is 7.74. The molecule has 0 aromatic heterocycles. The Balaban J connectivity index is 2.10. The van der Waals surface area contributed by atoms with Crippen LogP contribution in [0, 0.1) is 0 Å². The number of hydrogen-bond acceptors (Lipinski definition) is 4. The molecule has 0 aliphatic rings. The molecule has 1 amide bonds. The maximum atomic E-state index is 12.2. The number of aliphatic hydroxyl groups is 1. The van der Waals surface area contributed by atoms with Crippen LogP contribution < -0.4 is 5.32 Å². The predicted octanol–water partition coefficient (Wildman–Crippen LogP) is 2.01. The molecule has 128 valence electrons. The van der Waals surface area contributed by atoms with E-state index in [0.29, 0.717) is 5.56 Å². The number of carbonyl (C=O) groups is 1. The second kappa shape index (κ2) is 8.08. The molecular formula is C18H21NO4S. The van der Waals surface area contributed by atoms with Crippen molar-refractivity contribution in [2.75, 3.05) is 18.1 Å². The Morgan fingerprint density at radius 1 is 1.08 bits per heavy atom. The number of sulfone groups is 1. The van der Waals surface area contributed by atoms with Crippen LogP contribution in [0.25, 0.3) is 11.1 Å². The average molecular weight is 347 g/mol. The summed E-state index contributed by atoms with van der Waals surface area (Å²) in [4.78, 5) is 12.2. The fourth-order valence-electron chi connectivity index (χ4n) is 2.26. The van der Waals surface area contributed by atoms with Crippen LogP contribution in [0.15, 0.2) is 48.5 Å². The molecule has 0 saturated heterocycles. The van der Waals surface area contributed by atoms with Gasteiger partial charge in [-0.25, -0.2) is 8.42 Å². The summed E-state index contributed by atoms with van der Waals surface area (Å²) >= 11 is 0. The third-order valence-electron chi connectivity index (χ3n) is 3.71. The van der Waals surface area contributed by atoms with Crippen molar-refractivity contribution in [1.29, 1.82) is 0 Å². The largest absolute Gasteiger partial charge is 0.392 e. The van der Waals surface area contributed by atoms with Crippen molar-refractivity contribution < 1.29 is 18.3 Å². The van der Waals surface area contributed by atoms with Gasteiger partial charge in [-0.1, -0.05) is 37.3 Å². The monoisotopic (exact) mass is 347 g/mol. The summed E-state index contributed by atoms with van der Waals surface area (Å²) in [6.45, 7) is 1.64. The summed E-state index contributed by atoms with van der Waals surface area (Å²) in [6, 6.07) is 14.5. The SMILES string of the molecule is CCS(=O)(=O)CCNC(=O)c1cccc(-c2cccc(CO)c2)c1. The van der Waals surface area contributed by atoms with Crippen molar-refractivity contribution in [2.45, 2.75) is 13.5 Å². The third kappa shape index (κ3) is 4.91. The summed E-state index contributed by atoms with van der Waals surface area (Å²) in [5.41, 5.74) is 3.03. The van der Waals surface area contributed by atoms with Gasteiger partial charge < -0.3 is 10.4 Å². The number of nitrogens with one attached hydrogen (secondary N) is 1. The van der Waals surface area contributed by atoms with Gasteiger partial charge in [-0.2, -0.15) is 0 Å². The topological polar surface area (TPSA) is 83.5 Å². The van der Waals surface area contributed by atoms with Crippen LogP contribution in [0.4, 0.5) is 0 Å². The standard InChI is InChI=1S/C18H21NO4S/c1-2-24(22,23)10-9-19-18(21)17-8-4-7-16(12-17)15-6-3-5-14(11-15)13-20/h3-8,11-12,20H,2,9-10,13H2,1H3,(H,19,21). The number of carbonyl (C=O) groups excluding carboxylic acids is 1. The normalized spacial score (nSPS) is 11.2. The molecule has 0 unspecified atom stereocenters. The van der Waals surface area contributed by atoms with Crippen molar-refractivity contribution in [1.82, 2.24) is 5.32 Å². The van der Waals surface area contributed by atoms with Gasteiger partial charge in [0.15, 0.2) is 9.84 Å². The van der Waals surface area contributed by atoms with E-state index in [9.17, 15) is 18.3 Å². The molecule has 0 aliphatic heterocycles. The Labute approximate surface area is 142 Å². The van der Waals surface area contributed by atoms with E-state index in [1.807, 2.05) is 30.3 Å². The zero-order valence-corrected chi connectivity index (χ0v) is 14.3. The zero-order valence-electron chi connectivity index (χ0n) is 13.5. The van der Waals surface area contributed by atoms with Crippen LogP contribution in [-0.4, -0.2) is 37.5 Å². The summed E-state index contributed by atoms with van der Waals surface area (Å²) < 4.78 is 22.9. The molecule has 0 heterocycles. The van der Waals surface area contributed by atoms with Crippen molar-refractivity contribution in [3.8, 4) is 11.1 Å². The highest BCUT2D eigenvalue weighted by Gasteiger charge is 2.10. The Morgan fingerprint density at radius 3 is 2.42 bits per heavy atom. The van der Waals surface area contributed by atoms with Gasteiger partial charge in [0.05, 0.1) is 12.4 Å². The molecule has 0 bridgehead atoms. The highest BCUT2D eigenvalue weighted by atomic mass is 32.2. The molecular weight excluding hydrogens is 326 g/mol. The van der Waals surface area contributed by atoms with E-state index in [1.165, 1.54) is 0 Å². The Bertz CT molecular complexity index is 815.